The van der Waals surface area contributed by atoms with Crippen molar-refractivity contribution in [3.05, 3.63) is 130 Å². The number of nitrogens with two attached hydrogens (primary N) is 4. The van der Waals surface area contributed by atoms with Gasteiger partial charge in [0.25, 0.3) is 0 Å². The highest BCUT2D eigenvalue weighted by Crippen LogP contribution is 2.24. The van der Waals surface area contributed by atoms with E-state index in [1.807, 2.05) is 146 Å². The third kappa shape index (κ3) is 30.8. The lowest BCUT2D eigenvalue weighted by Gasteiger charge is -2.24. The zero-order valence-electron chi connectivity index (χ0n) is 53.5. The molecule has 0 saturated carbocycles. The van der Waals surface area contributed by atoms with Gasteiger partial charge >= 0.3 is 11.9 Å². The minimum atomic E-state index is -1.05. The van der Waals surface area contributed by atoms with Crippen LogP contribution in [0.15, 0.2) is 102 Å². The van der Waals surface area contributed by atoms with Gasteiger partial charge in [-0.3, -0.25) is 34.4 Å². The van der Waals surface area contributed by atoms with Crippen LogP contribution in [0.2, 0.25) is 0 Å². The maximum atomic E-state index is 13.5. The average Bonchev–Trinajstić information content (AvgIpc) is 3.54. The molecule has 0 fully saturated rings. The number of nitrogens with zero attached hydrogens (tertiary/aromatic N) is 1. The highest BCUT2D eigenvalue weighted by atomic mass is 16.5. The molecule has 0 aliphatic heterocycles. The van der Waals surface area contributed by atoms with E-state index < -0.39 is 47.9 Å². The summed E-state index contributed by atoms with van der Waals surface area (Å²) in [6.45, 7) is 25.9. The number of ether oxygens (including phenoxy) is 3. The number of guanidine groups is 1. The third-order valence-corrected chi connectivity index (χ3v) is 13.3. The monoisotopic (exact) mass is 1190 g/mol. The first kappa shape index (κ1) is 74.3. The molecular formula is C67H101N9O10. The van der Waals surface area contributed by atoms with E-state index in [1.54, 1.807) is 6.92 Å². The molecule has 0 aromatic heterocycles. The molecule has 3 amide bonds. The number of benzene rings is 4. The quantitative estimate of drug-likeness (QED) is 0.0102. The summed E-state index contributed by atoms with van der Waals surface area (Å²) in [7, 11) is 1.32. The number of unbranched alkanes of at least 4 members (excludes halogenated alkanes) is 1. The minimum absolute atomic E-state index is 0.0243. The lowest BCUT2D eigenvalue weighted by Crippen LogP contribution is -2.52. The number of hydrogen-bond acceptors (Lipinski definition) is 12. The second-order valence-electron chi connectivity index (χ2n) is 24.7. The van der Waals surface area contributed by atoms with Crippen LogP contribution in [-0.4, -0.2) is 101 Å². The fourth-order valence-electron chi connectivity index (χ4n) is 8.80. The van der Waals surface area contributed by atoms with E-state index >= 15 is 0 Å². The number of carbonyl (C=O) groups is 6. The van der Waals surface area contributed by atoms with Crippen molar-refractivity contribution < 1.29 is 48.1 Å². The van der Waals surface area contributed by atoms with Crippen molar-refractivity contribution in [1.29, 1.82) is 5.41 Å². The number of Topliss-reactive ketones (excluding diaryl/α,β-unsaturated/α-hetero) is 1. The minimum Gasteiger partial charge on any atom is -0.488 e. The van der Waals surface area contributed by atoms with Crippen LogP contribution in [0.1, 0.15) is 174 Å². The largest absolute Gasteiger partial charge is 0.488 e. The molecule has 6 unspecified atom stereocenters. The van der Waals surface area contributed by atoms with Crippen LogP contribution < -0.4 is 48.4 Å². The highest BCUT2D eigenvalue weighted by molar-refractivity contribution is 5.93. The third-order valence-electron chi connectivity index (χ3n) is 13.3. The molecule has 13 N–H and O–H groups in total. The van der Waals surface area contributed by atoms with Crippen molar-refractivity contribution in [3.63, 3.8) is 0 Å². The van der Waals surface area contributed by atoms with Gasteiger partial charge in [0.2, 0.25) is 17.7 Å². The van der Waals surface area contributed by atoms with Gasteiger partial charge in [-0.2, -0.15) is 0 Å². The second-order valence-corrected chi connectivity index (χ2v) is 24.7. The molecule has 0 spiro atoms. The van der Waals surface area contributed by atoms with Crippen LogP contribution >= 0.6 is 0 Å². The molecular weight excluding hydrogens is 1090 g/mol. The van der Waals surface area contributed by atoms with E-state index in [2.05, 4.69) is 53.4 Å². The van der Waals surface area contributed by atoms with Crippen LogP contribution in [0.25, 0.3) is 0 Å². The van der Waals surface area contributed by atoms with Crippen LogP contribution in [0.4, 0.5) is 0 Å². The Morgan fingerprint density at radius 3 is 1.29 bits per heavy atom. The highest BCUT2D eigenvalue weighted by Gasteiger charge is 2.29. The Bertz CT molecular complexity index is 2770. The van der Waals surface area contributed by atoms with E-state index in [9.17, 15) is 33.9 Å². The maximum Gasteiger partial charge on any atom is 0.326 e. The lowest BCUT2D eigenvalue weighted by atomic mass is 9.95. The zero-order chi connectivity index (χ0) is 64.9. The van der Waals surface area contributed by atoms with Gasteiger partial charge < -0.3 is 58.2 Å². The Morgan fingerprint density at radius 1 is 0.547 bits per heavy atom. The molecule has 86 heavy (non-hydrogen) atoms. The smallest absolute Gasteiger partial charge is 0.326 e. The first-order valence-corrected chi connectivity index (χ1v) is 29.8. The van der Waals surface area contributed by atoms with Crippen LogP contribution in [0.3, 0.4) is 0 Å². The molecule has 0 aliphatic carbocycles. The predicted octanol–water partition coefficient (Wildman–Crippen LogP) is 8.98. The zero-order valence-corrected chi connectivity index (χ0v) is 53.5. The Balaban J connectivity index is 0.000000500. The van der Waals surface area contributed by atoms with E-state index in [0.29, 0.717) is 49.8 Å². The maximum absolute atomic E-state index is 13.5. The number of carbonyl (C=O) groups excluding carboxylic acids is 5. The van der Waals surface area contributed by atoms with Crippen molar-refractivity contribution in [2.75, 3.05) is 13.7 Å². The Kier molecular flexibility index (Phi) is 31.9. The van der Waals surface area contributed by atoms with Gasteiger partial charge in [0.15, 0.2) is 11.7 Å². The summed E-state index contributed by atoms with van der Waals surface area (Å²) >= 11 is 0. The normalized spacial score (nSPS) is 13.3. The first-order chi connectivity index (χ1) is 40.2. The van der Waals surface area contributed by atoms with E-state index in [-0.39, 0.29) is 59.4 Å². The summed E-state index contributed by atoms with van der Waals surface area (Å²) in [6, 6.07) is 27.6. The first-order valence-electron chi connectivity index (χ1n) is 29.8. The number of carboxylic acid groups (broad SMARTS) is 1. The van der Waals surface area contributed by atoms with Crippen molar-refractivity contribution in [1.82, 2.24) is 16.0 Å². The molecule has 0 radical (unpaired) electrons. The molecule has 6 atom stereocenters. The predicted molar refractivity (Wildman–Crippen MR) is 342 cm³/mol. The average molecular weight is 1190 g/mol. The molecule has 19 heteroatoms. The van der Waals surface area contributed by atoms with Gasteiger partial charge in [0, 0.05) is 25.8 Å². The molecule has 0 heterocycles. The number of ketones is 1. The number of amides is 3. The van der Waals surface area contributed by atoms with Crippen LogP contribution in [-0.2, 0) is 59.2 Å². The van der Waals surface area contributed by atoms with Crippen molar-refractivity contribution in [2.45, 2.75) is 201 Å². The van der Waals surface area contributed by atoms with E-state index in [1.165, 1.54) is 25.2 Å². The van der Waals surface area contributed by atoms with Crippen LogP contribution in [0.5, 0.6) is 11.5 Å². The number of hydrogen-bond donors (Lipinski definition) is 9. The van der Waals surface area contributed by atoms with Gasteiger partial charge in [-0.05, 0) is 170 Å². The molecule has 0 aliphatic rings. The Hall–Kier alpha value is -7.80. The van der Waals surface area contributed by atoms with E-state index in [4.69, 9.17) is 37.8 Å². The number of methoxy groups -OCH3 is 1. The number of nitrogens with one attached hydrogen (secondary N) is 4. The van der Waals surface area contributed by atoms with Crippen molar-refractivity contribution in [3.8, 4) is 11.5 Å². The second kappa shape index (κ2) is 36.9. The van der Waals surface area contributed by atoms with Crippen molar-refractivity contribution in [2.24, 2.45) is 39.8 Å². The Labute approximate surface area is 511 Å². The molecule has 4 rings (SSSR count). The SMILES string of the molecule is CC(=O)C(CCCN=C(N)N)NC(=O)C(Cc1ccc(OC(C)(C)C)cc1)NC(=O)C(C)c1ccc(CC(C)C)cc1.CC(C)Cc1ccc(C(C)C(=O)NC(Cc2ccc(OC(C)(C)C)cc2)C(=O)O)cc1.COC(=O)C(N)CCCCC(=N)N. The van der Waals surface area contributed by atoms with Crippen molar-refractivity contribution >= 4 is 47.2 Å². The number of rotatable bonds is 30. The van der Waals surface area contributed by atoms with Gasteiger partial charge in [0.1, 0.15) is 40.8 Å². The summed E-state index contributed by atoms with van der Waals surface area (Å²) in [6.07, 6.45) is 6.01. The summed E-state index contributed by atoms with van der Waals surface area (Å²) in [5.41, 5.74) is 26.6. The standard InChI is InChI=1S/C33H49N5O4.C26H35NO4.C8H17N3O2/c1-21(2)19-24-10-14-26(15-11-24)22(3)30(40)38-29(20-25-12-16-27(17-13-25)42-33(5,6)7)31(41)37-28(23(4)39)9-8-18-36-32(34)35;1-17(2)15-19-7-11-21(12-8-19)18(3)24(28)27-23(25(29)30)16-20-9-13-22(14-10-20)31-26(4,5)6;1-13-8(12)6(9)4-2-3-5-7(10)11/h10-17,21-22,28-29H,8-9,18-20H2,1-7H3,(H,37,41)(H,38,40)(H4,34,35,36);7-14,17-18,23H,15-16H2,1-6H3,(H,27,28)(H,29,30);6H,2-5,9H2,1H3,(H3,10,11). The molecule has 0 bridgehead atoms. The number of aliphatic imine (C=N–C) groups is 1. The lowest BCUT2D eigenvalue weighted by molar-refractivity contribution is -0.142. The molecule has 19 nitrogen and oxygen atoms in total. The molecule has 474 valence electrons. The summed E-state index contributed by atoms with van der Waals surface area (Å²) in [5.74, 6) is -0.838. The molecule has 4 aromatic carbocycles. The number of amidine groups is 1. The number of aliphatic carboxylic acids is 1. The topological polar surface area (TPSA) is 327 Å². The van der Waals surface area contributed by atoms with Gasteiger partial charge in [-0.1, -0.05) is 107 Å². The van der Waals surface area contributed by atoms with E-state index in [0.717, 1.165) is 53.7 Å². The molecule has 0 saturated heterocycles. The number of esters is 1. The van der Waals surface area contributed by atoms with Gasteiger partial charge in [-0.15, -0.1) is 0 Å². The summed E-state index contributed by atoms with van der Waals surface area (Å²) in [4.78, 5) is 78.5. The van der Waals surface area contributed by atoms with Gasteiger partial charge in [0.05, 0.1) is 30.8 Å². The van der Waals surface area contributed by atoms with Gasteiger partial charge in [-0.25, -0.2) is 4.79 Å². The Morgan fingerprint density at radius 2 is 0.930 bits per heavy atom. The van der Waals surface area contributed by atoms with Crippen LogP contribution in [0, 0.1) is 17.2 Å². The molecule has 4 aromatic rings. The number of carboxylic acids is 1. The fourth-order valence-corrected chi connectivity index (χ4v) is 8.80. The summed E-state index contributed by atoms with van der Waals surface area (Å²) < 4.78 is 16.2. The summed E-state index contributed by atoms with van der Waals surface area (Å²) in [5, 5.41) is 25.1. The fraction of sp³-hybridized carbons (Fsp3) is 0.522.